The molecule has 1 N–H and O–H groups in total. The molecule has 0 fully saturated rings. The molecule has 0 amide bonds. The zero-order valence-electron chi connectivity index (χ0n) is 11.9. The quantitative estimate of drug-likeness (QED) is 0.809. The summed E-state index contributed by atoms with van der Waals surface area (Å²) in [5, 5.41) is 10.2. The van der Waals surface area contributed by atoms with Gasteiger partial charge in [-0.25, -0.2) is 0 Å². The summed E-state index contributed by atoms with van der Waals surface area (Å²) in [4.78, 5) is 2.30. The largest absolute Gasteiger partial charge is 0.497 e. The molecule has 1 aromatic carbocycles. The first-order chi connectivity index (χ1) is 8.62. The lowest BCUT2D eigenvalue weighted by molar-refractivity contribution is 0.0934. The highest BCUT2D eigenvalue weighted by Crippen LogP contribution is 2.19. The number of benzene rings is 1. The van der Waals surface area contributed by atoms with Crippen LogP contribution in [0.1, 0.15) is 38.9 Å². The summed E-state index contributed by atoms with van der Waals surface area (Å²) in [6.07, 6.45) is 0.660. The molecule has 2 atom stereocenters. The van der Waals surface area contributed by atoms with Crippen molar-refractivity contribution < 1.29 is 9.84 Å². The normalized spacial score (nSPS) is 14.6. The Balaban J connectivity index is 2.65. The van der Waals surface area contributed by atoms with Crippen molar-refractivity contribution in [1.29, 1.82) is 0 Å². The molecular formula is C15H25NO2. The van der Waals surface area contributed by atoms with Crippen LogP contribution in [-0.4, -0.2) is 36.2 Å². The molecule has 0 radical (unpaired) electrons. The molecule has 3 nitrogen and oxygen atoms in total. The molecule has 102 valence electrons. The Bertz CT molecular complexity index is 337. The van der Waals surface area contributed by atoms with E-state index in [1.807, 2.05) is 24.3 Å². The van der Waals surface area contributed by atoms with E-state index in [2.05, 4.69) is 25.7 Å². The van der Waals surface area contributed by atoms with Crippen LogP contribution in [0.3, 0.4) is 0 Å². The lowest BCUT2D eigenvalue weighted by atomic mass is 10.1. The molecule has 0 spiro atoms. The molecule has 18 heavy (non-hydrogen) atoms. The van der Waals surface area contributed by atoms with Crippen LogP contribution in [-0.2, 0) is 0 Å². The van der Waals surface area contributed by atoms with Crippen molar-refractivity contribution in [2.24, 2.45) is 0 Å². The Morgan fingerprint density at radius 3 is 2.28 bits per heavy atom. The third-order valence-corrected chi connectivity index (χ3v) is 3.53. The Labute approximate surface area is 110 Å². The van der Waals surface area contributed by atoms with Crippen molar-refractivity contribution in [3.63, 3.8) is 0 Å². The third kappa shape index (κ3) is 4.00. The van der Waals surface area contributed by atoms with E-state index in [9.17, 15) is 5.11 Å². The predicted octanol–water partition coefficient (Wildman–Crippen LogP) is 2.85. The van der Waals surface area contributed by atoms with Gasteiger partial charge in [0.15, 0.2) is 0 Å². The molecule has 2 unspecified atom stereocenters. The first-order valence-corrected chi connectivity index (χ1v) is 6.68. The van der Waals surface area contributed by atoms with Gasteiger partial charge in [-0.05, 0) is 37.6 Å². The van der Waals surface area contributed by atoms with Crippen LogP contribution in [0.2, 0.25) is 0 Å². The maximum Gasteiger partial charge on any atom is 0.118 e. The minimum atomic E-state index is -0.440. The minimum Gasteiger partial charge on any atom is -0.497 e. The summed E-state index contributed by atoms with van der Waals surface area (Å²) in [5.74, 6) is 0.820. The van der Waals surface area contributed by atoms with Gasteiger partial charge in [-0.3, -0.25) is 4.90 Å². The van der Waals surface area contributed by atoms with Crippen LogP contribution in [0.4, 0.5) is 0 Å². The zero-order chi connectivity index (χ0) is 13.5. The fourth-order valence-electron chi connectivity index (χ4n) is 2.03. The Hall–Kier alpha value is -1.06. The number of nitrogens with zero attached hydrogens (tertiary/aromatic N) is 1. The average molecular weight is 251 g/mol. The van der Waals surface area contributed by atoms with E-state index in [4.69, 9.17) is 4.74 Å². The van der Waals surface area contributed by atoms with Crippen LogP contribution < -0.4 is 4.74 Å². The second-order valence-electron chi connectivity index (χ2n) is 4.63. The summed E-state index contributed by atoms with van der Waals surface area (Å²) in [7, 11) is 1.65. The van der Waals surface area contributed by atoms with Crippen LogP contribution in [0.25, 0.3) is 0 Å². The molecule has 0 bridgehead atoms. The van der Waals surface area contributed by atoms with E-state index in [-0.39, 0.29) is 0 Å². The summed E-state index contributed by atoms with van der Waals surface area (Å²) < 4.78 is 5.11. The zero-order valence-corrected chi connectivity index (χ0v) is 11.9. The summed E-state index contributed by atoms with van der Waals surface area (Å²) in [6.45, 7) is 8.14. The van der Waals surface area contributed by atoms with E-state index in [1.165, 1.54) is 0 Å². The van der Waals surface area contributed by atoms with Crippen molar-refractivity contribution in [2.45, 2.75) is 39.3 Å². The van der Waals surface area contributed by atoms with E-state index < -0.39 is 6.10 Å². The Kier molecular flexibility index (Phi) is 6.16. The van der Waals surface area contributed by atoms with E-state index in [0.29, 0.717) is 12.6 Å². The molecule has 1 rings (SSSR count). The fraction of sp³-hybridized carbons (Fsp3) is 0.600. The topological polar surface area (TPSA) is 32.7 Å². The summed E-state index contributed by atoms with van der Waals surface area (Å²) in [5.41, 5.74) is 0.942. The number of ether oxygens (including phenoxy) is 1. The first kappa shape index (κ1) is 15.0. The van der Waals surface area contributed by atoms with Gasteiger partial charge in [-0.1, -0.05) is 26.0 Å². The highest BCUT2D eigenvalue weighted by Gasteiger charge is 2.16. The van der Waals surface area contributed by atoms with Crippen LogP contribution in [0.5, 0.6) is 5.75 Å². The van der Waals surface area contributed by atoms with E-state index >= 15 is 0 Å². The highest BCUT2D eigenvalue weighted by atomic mass is 16.5. The van der Waals surface area contributed by atoms with Crippen LogP contribution in [0.15, 0.2) is 24.3 Å². The molecule has 0 saturated carbocycles. The van der Waals surface area contributed by atoms with Gasteiger partial charge in [-0.2, -0.15) is 0 Å². The average Bonchev–Trinajstić information content (AvgIpc) is 2.43. The number of methoxy groups -OCH3 is 1. The molecule has 0 saturated heterocycles. The second kappa shape index (κ2) is 7.39. The summed E-state index contributed by atoms with van der Waals surface area (Å²) in [6, 6.07) is 8.13. The van der Waals surface area contributed by atoms with E-state index in [1.54, 1.807) is 7.11 Å². The van der Waals surface area contributed by atoms with Crippen molar-refractivity contribution >= 4 is 0 Å². The van der Waals surface area contributed by atoms with Crippen molar-refractivity contribution in [1.82, 2.24) is 4.90 Å². The van der Waals surface area contributed by atoms with Gasteiger partial charge >= 0.3 is 0 Å². The van der Waals surface area contributed by atoms with Gasteiger partial charge in [0.05, 0.1) is 13.2 Å². The maximum absolute atomic E-state index is 10.2. The number of hydrogen-bond donors (Lipinski definition) is 1. The van der Waals surface area contributed by atoms with Gasteiger partial charge in [0.1, 0.15) is 5.75 Å². The Morgan fingerprint density at radius 2 is 1.83 bits per heavy atom. The summed E-state index contributed by atoms with van der Waals surface area (Å²) >= 11 is 0. The molecule has 0 aliphatic carbocycles. The van der Waals surface area contributed by atoms with Crippen molar-refractivity contribution in [2.75, 3.05) is 20.2 Å². The number of hydrogen-bond acceptors (Lipinski definition) is 3. The third-order valence-electron chi connectivity index (χ3n) is 3.53. The molecule has 0 heterocycles. The van der Waals surface area contributed by atoms with Gasteiger partial charge in [-0.15, -0.1) is 0 Å². The number of aliphatic hydroxyl groups excluding tert-OH is 1. The maximum atomic E-state index is 10.2. The standard InChI is InChI=1S/C15H25NO2/c1-5-12(3)16(6-2)11-15(17)13-7-9-14(18-4)10-8-13/h7-10,12,15,17H,5-6,11H2,1-4H3. The van der Waals surface area contributed by atoms with Gasteiger partial charge in [0.25, 0.3) is 0 Å². The fourth-order valence-corrected chi connectivity index (χ4v) is 2.03. The predicted molar refractivity (Wildman–Crippen MR) is 75.0 cm³/mol. The minimum absolute atomic E-state index is 0.440. The lowest BCUT2D eigenvalue weighted by Crippen LogP contribution is -2.35. The van der Waals surface area contributed by atoms with E-state index in [0.717, 1.165) is 24.3 Å². The Morgan fingerprint density at radius 1 is 1.22 bits per heavy atom. The first-order valence-electron chi connectivity index (χ1n) is 6.68. The SMILES string of the molecule is CCC(C)N(CC)CC(O)c1ccc(OC)cc1. The molecular weight excluding hydrogens is 226 g/mol. The van der Waals surface area contributed by atoms with Gasteiger partial charge < -0.3 is 9.84 Å². The molecule has 0 aromatic heterocycles. The molecule has 1 aromatic rings. The molecule has 3 heteroatoms. The number of rotatable bonds is 7. The van der Waals surface area contributed by atoms with Crippen molar-refractivity contribution in [3.8, 4) is 5.75 Å². The highest BCUT2D eigenvalue weighted by molar-refractivity contribution is 5.28. The second-order valence-corrected chi connectivity index (χ2v) is 4.63. The molecule has 0 aliphatic rings. The monoisotopic (exact) mass is 251 g/mol. The van der Waals surface area contributed by atoms with Crippen LogP contribution in [0, 0.1) is 0 Å². The van der Waals surface area contributed by atoms with Crippen LogP contribution >= 0.6 is 0 Å². The molecule has 0 aliphatic heterocycles. The van der Waals surface area contributed by atoms with Crippen molar-refractivity contribution in [3.05, 3.63) is 29.8 Å². The lowest BCUT2D eigenvalue weighted by Gasteiger charge is -2.29. The number of likely N-dealkylation sites (N-methyl/N-ethyl adjacent to an activating group) is 1. The number of aliphatic hydroxyl groups is 1. The smallest absolute Gasteiger partial charge is 0.118 e. The van der Waals surface area contributed by atoms with Gasteiger partial charge in [0.2, 0.25) is 0 Å². The van der Waals surface area contributed by atoms with Gasteiger partial charge in [0, 0.05) is 12.6 Å².